The van der Waals surface area contributed by atoms with Crippen molar-refractivity contribution in [2.45, 2.75) is 36.7 Å². The summed E-state index contributed by atoms with van der Waals surface area (Å²) < 4.78 is 37.0. The van der Waals surface area contributed by atoms with E-state index < -0.39 is 10.0 Å². The summed E-state index contributed by atoms with van der Waals surface area (Å²) in [6.45, 7) is 1.07. The zero-order valence-corrected chi connectivity index (χ0v) is 10.5. The zero-order valence-electron chi connectivity index (χ0n) is 9.67. The highest BCUT2D eigenvalue weighted by Crippen LogP contribution is 2.28. The molecular weight excluding hydrogens is 246 g/mol. The number of hydrogen-bond acceptors (Lipinski definition) is 5. The predicted octanol–water partition coefficient (Wildman–Crippen LogP) is -0.765. The number of nitrogens with one attached hydrogen (secondary N) is 1. The number of aliphatic hydroxyl groups excluding tert-OH is 1. The Kier molecular flexibility index (Phi) is 4.37. The van der Waals surface area contributed by atoms with E-state index in [2.05, 4.69) is 4.72 Å². The third kappa shape index (κ3) is 3.62. The van der Waals surface area contributed by atoms with Gasteiger partial charge in [0.15, 0.2) is 0 Å². The van der Waals surface area contributed by atoms with E-state index in [4.69, 9.17) is 14.6 Å². The molecule has 6 nitrogen and oxygen atoms in total. The Bertz CT molecular complexity index is 341. The van der Waals surface area contributed by atoms with Gasteiger partial charge in [-0.1, -0.05) is 0 Å². The maximum atomic E-state index is 11.8. The summed E-state index contributed by atoms with van der Waals surface area (Å²) in [5, 5.41) is 8.49. The summed E-state index contributed by atoms with van der Waals surface area (Å²) in [7, 11) is -3.22. The molecule has 2 fully saturated rings. The molecule has 0 radical (unpaired) electrons. The third-order valence-electron chi connectivity index (χ3n) is 2.99. The summed E-state index contributed by atoms with van der Waals surface area (Å²) in [4.78, 5) is 0. The van der Waals surface area contributed by atoms with E-state index in [-0.39, 0.29) is 30.6 Å². The highest BCUT2D eigenvalue weighted by Gasteiger charge is 2.39. The topological polar surface area (TPSA) is 84.9 Å². The molecule has 0 aromatic rings. The summed E-state index contributed by atoms with van der Waals surface area (Å²) in [5.41, 5.74) is 0. The van der Waals surface area contributed by atoms with Crippen LogP contribution in [0.2, 0.25) is 0 Å². The van der Waals surface area contributed by atoms with E-state index >= 15 is 0 Å². The van der Waals surface area contributed by atoms with Crippen LogP contribution in [-0.2, 0) is 19.5 Å². The second-order valence-electron chi connectivity index (χ2n) is 4.47. The van der Waals surface area contributed by atoms with Crippen molar-refractivity contribution in [3.05, 3.63) is 0 Å². The Hall–Kier alpha value is -0.210. The lowest BCUT2D eigenvalue weighted by molar-refractivity contribution is -0.0580. The smallest absolute Gasteiger partial charge is 0.214 e. The Labute approximate surface area is 101 Å². The van der Waals surface area contributed by atoms with Gasteiger partial charge in [0.2, 0.25) is 10.0 Å². The van der Waals surface area contributed by atoms with Gasteiger partial charge in [-0.05, 0) is 19.3 Å². The minimum Gasteiger partial charge on any atom is -0.394 e. The van der Waals surface area contributed by atoms with Gasteiger partial charge < -0.3 is 14.6 Å². The fraction of sp³-hybridized carbons (Fsp3) is 1.00. The standard InChI is InChI=1S/C10H19NO5S/c12-4-6-16-10-3-5-15-7-9(10)11-17(13,14)8-1-2-8/h8-12H,1-7H2/t9-,10+/m1/s1. The van der Waals surface area contributed by atoms with Crippen LogP contribution in [0.25, 0.3) is 0 Å². The molecule has 0 unspecified atom stereocenters. The minimum atomic E-state index is -3.22. The quantitative estimate of drug-likeness (QED) is 0.659. The predicted molar refractivity (Wildman–Crippen MR) is 61.1 cm³/mol. The molecule has 1 aliphatic heterocycles. The number of rotatable bonds is 6. The molecule has 2 aliphatic rings. The molecule has 0 spiro atoms. The highest BCUT2D eigenvalue weighted by atomic mass is 32.2. The first-order valence-electron chi connectivity index (χ1n) is 5.95. The van der Waals surface area contributed by atoms with E-state index in [1.54, 1.807) is 0 Å². The van der Waals surface area contributed by atoms with E-state index in [0.29, 0.717) is 19.6 Å². The minimum absolute atomic E-state index is 0.0561. The van der Waals surface area contributed by atoms with Crippen LogP contribution in [0, 0.1) is 0 Å². The molecule has 17 heavy (non-hydrogen) atoms. The lowest BCUT2D eigenvalue weighted by Crippen LogP contribution is -2.51. The summed E-state index contributed by atoms with van der Waals surface area (Å²) in [6.07, 6.45) is 1.93. The average molecular weight is 265 g/mol. The number of hydrogen-bond donors (Lipinski definition) is 2. The molecule has 1 saturated heterocycles. The molecule has 0 amide bonds. The van der Waals surface area contributed by atoms with Gasteiger partial charge in [-0.3, -0.25) is 0 Å². The van der Waals surface area contributed by atoms with Gasteiger partial charge in [-0.15, -0.1) is 0 Å². The lowest BCUT2D eigenvalue weighted by Gasteiger charge is -2.31. The van der Waals surface area contributed by atoms with Crippen molar-refractivity contribution >= 4 is 10.0 Å². The Morgan fingerprint density at radius 2 is 2.12 bits per heavy atom. The van der Waals surface area contributed by atoms with Crippen molar-refractivity contribution in [3.63, 3.8) is 0 Å². The SMILES string of the molecule is O=S(=O)(N[C@@H]1COCC[C@@H]1OCCO)C1CC1. The van der Waals surface area contributed by atoms with Crippen molar-refractivity contribution in [3.8, 4) is 0 Å². The molecule has 1 saturated carbocycles. The Balaban J connectivity index is 1.91. The zero-order chi connectivity index (χ0) is 12.3. The lowest BCUT2D eigenvalue weighted by atomic mass is 10.1. The summed E-state index contributed by atoms with van der Waals surface area (Å²) in [6, 6.07) is -0.333. The van der Waals surface area contributed by atoms with Gasteiger partial charge in [0.05, 0.1) is 37.2 Å². The van der Waals surface area contributed by atoms with E-state index in [1.165, 1.54) is 0 Å². The second-order valence-corrected chi connectivity index (χ2v) is 6.46. The van der Waals surface area contributed by atoms with Crippen LogP contribution in [-0.4, -0.2) is 57.3 Å². The monoisotopic (exact) mass is 265 g/mol. The van der Waals surface area contributed by atoms with E-state index in [1.807, 2.05) is 0 Å². The van der Waals surface area contributed by atoms with Crippen molar-refractivity contribution in [1.29, 1.82) is 0 Å². The fourth-order valence-electron chi connectivity index (χ4n) is 1.92. The van der Waals surface area contributed by atoms with Gasteiger partial charge in [0, 0.05) is 6.61 Å². The normalized spacial score (nSPS) is 30.4. The summed E-state index contributed by atoms with van der Waals surface area (Å²) in [5.74, 6) is 0. The van der Waals surface area contributed by atoms with Crippen LogP contribution in [0.5, 0.6) is 0 Å². The summed E-state index contributed by atoms with van der Waals surface area (Å²) >= 11 is 0. The molecule has 100 valence electrons. The van der Waals surface area contributed by atoms with Gasteiger partial charge in [0.25, 0.3) is 0 Å². The van der Waals surface area contributed by atoms with Crippen molar-refractivity contribution < 1.29 is 23.0 Å². The first-order valence-corrected chi connectivity index (χ1v) is 7.49. The molecule has 1 heterocycles. The number of sulfonamides is 1. The van der Waals surface area contributed by atoms with Crippen molar-refractivity contribution in [1.82, 2.24) is 4.72 Å². The highest BCUT2D eigenvalue weighted by molar-refractivity contribution is 7.90. The average Bonchev–Trinajstić information content (AvgIpc) is 3.11. The van der Waals surface area contributed by atoms with Crippen LogP contribution >= 0.6 is 0 Å². The van der Waals surface area contributed by atoms with Gasteiger partial charge in [-0.25, -0.2) is 13.1 Å². The van der Waals surface area contributed by atoms with Crippen LogP contribution < -0.4 is 4.72 Å². The molecule has 1 aliphatic carbocycles. The van der Waals surface area contributed by atoms with Gasteiger partial charge in [0.1, 0.15) is 0 Å². The van der Waals surface area contributed by atoms with E-state index in [0.717, 1.165) is 12.8 Å². The Morgan fingerprint density at radius 1 is 1.35 bits per heavy atom. The molecule has 7 heteroatoms. The van der Waals surface area contributed by atoms with Crippen LogP contribution in [0.3, 0.4) is 0 Å². The molecule has 2 atom stereocenters. The fourth-order valence-corrected chi connectivity index (χ4v) is 3.51. The molecule has 0 aromatic heterocycles. The van der Waals surface area contributed by atoms with Gasteiger partial charge in [-0.2, -0.15) is 0 Å². The van der Waals surface area contributed by atoms with E-state index in [9.17, 15) is 8.42 Å². The molecule has 0 aromatic carbocycles. The molecule has 2 rings (SSSR count). The Morgan fingerprint density at radius 3 is 2.76 bits per heavy atom. The molecule has 0 bridgehead atoms. The van der Waals surface area contributed by atoms with Gasteiger partial charge >= 0.3 is 0 Å². The maximum absolute atomic E-state index is 11.8. The first kappa shape index (κ1) is 13.2. The van der Waals surface area contributed by atoms with Crippen LogP contribution in [0.1, 0.15) is 19.3 Å². The molecule has 2 N–H and O–H groups in total. The number of aliphatic hydroxyl groups is 1. The first-order chi connectivity index (χ1) is 8.13. The second kappa shape index (κ2) is 5.62. The van der Waals surface area contributed by atoms with Crippen molar-refractivity contribution in [2.24, 2.45) is 0 Å². The largest absolute Gasteiger partial charge is 0.394 e. The van der Waals surface area contributed by atoms with Crippen LogP contribution in [0.15, 0.2) is 0 Å². The molecular formula is C10H19NO5S. The number of ether oxygens (including phenoxy) is 2. The van der Waals surface area contributed by atoms with Crippen LogP contribution in [0.4, 0.5) is 0 Å². The maximum Gasteiger partial charge on any atom is 0.214 e. The third-order valence-corrected chi connectivity index (χ3v) is 4.98. The van der Waals surface area contributed by atoms with Crippen molar-refractivity contribution in [2.75, 3.05) is 26.4 Å².